The number of carbonyl (C=O) groups excluding carboxylic acids is 1. The maximum Gasteiger partial charge on any atom is 0.251 e. The second kappa shape index (κ2) is 6.42. The summed E-state index contributed by atoms with van der Waals surface area (Å²) in [5.74, 6) is -0.109. The molecule has 5 heteroatoms. The number of amides is 1. The van der Waals surface area contributed by atoms with Crippen molar-refractivity contribution in [3.05, 3.63) is 32.4 Å². The van der Waals surface area contributed by atoms with Crippen molar-refractivity contribution in [1.82, 2.24) is 5.32 Å². The Balaban J connectivity index is 2.63. The van der Waals surface area contributed by atoms with Crippen molar-refractivity contribution in [2.75, 3.05) is 13.2 Å². The number of nitrogens with one attached hydrogen (secondary N) is 1. The van der Waals surface area contributed by atoms with Crippen LogP contribution in [0.3, 0.4) is 0 Å². The van der Waals surface area contributed by atoms with Gasteiger partial charge in [0.1, 0.15) is 0 Å². The van der Waals surface area contributed by atoms with Crippen LogP contribution in [0.5, 0.6) is 0 Å². The highest BCUT2D eigenvalue weighted by Crippen LogP contribution is 2.19. The molecule has 0 aliphatic heterocycles. The van der Waals surface area contributed by atoms with Crippen molar-refractivity contribution in [1.29, 1.82) is 0 Å². The second-order valence-electron chi connectivity index (χ2n) is 3.63. The van der Waals surface area contributed by atoms with Gasteiger partial charge in [0.15, 0.2) is 0 Å². The summed E-state index contributed by atoms with van der Waals surface area (Å²) in [6.07, 6.45) is 0. The van der Waals surface area contributed by atoms with Crippen molar-refractivity contribution in [3.8, 4) is 0 Å². The van der Waals surface area contributed by atoms with Crippen molar-refractivity contribution >= 4 is 40.1 Å². The topological polar surface area (TPSA) is 49.3 Å². The molecule has 0 spiro atoms. The molecular formula is C11H13ClINO2. The number of aliphatic hydroxyl groups excluding tert-OH is 1. The third-order valence-corrected chi connectivity index (χ3v) is 3.68. The molecule has 0 aromatic heterocycles. The molecule has 0 radical (unpaired) electrons. The van der Waals surface area contributed by atoms with Crippen molar-refractivity contribution < 1.29 is 9.90 Å². The molecule has 1 aromatic carbocycles. The van der Waals surface area contributed by atoms with Gasteiger partial charge in [-0.05, 0) is 46.7 Å². The Hall–Kier alpha value is -0.330. The predicted octanol–water partition coefficient (Wildman–Crippen LogP) is 2.30. The molecule has 1 aromatic rings. The lowest BCUT2D eigenvalue weighted by Crippen LogP contribution is -2.29. The number of aliphatic hydroxyl groups is 1. The standard InChI is InChI=1S/C11H13ClINO2/c1-7(6-15)5-14-11(16)8-2-3-10(13)9(12)4-8/h2-4,7,15H,5-6H2,1H3,(H,14,16). The van der Waals surface area contributed by atoms with E-state index in [0.717, 1.165) is 3.57 Å². The summed E-state index contributed by atoms with van der Waals surface area (Å²) in [6, 6.07) is 5.17. The van der Waals surface area contributed by atoms with Gasteiger partial charge in [0, 0.05) is 22.3 Å². The zero-order chi connectivity index (χ0) is 12.1. The van der Waals surface area contributed by atoms with Gasteiger partial charge in [-0.1, -0.05) is 18.5 Å². The lowest BCUT2D eigenvalue weighted by atomic mass is 10.2. The van der Waals surface area contributed by atoms with Crippen LogP contribution in [0, 0.1) is 9.49 Å². The second-order valence-corrected chi connectivity index (χ2v) is 5.20. The summed E-state index contributed by atoms with van der Waals surface area (Å²) in [6.45, 7) is 2.38. The number of benzene rings is 1. The van der Waals surface area contributed by atoms with E-state index in [1.165, 1.54) is 0 Å². The summed E-state index contributed by atoms with van der Waals surface area (Å²) in [5, 5.41) is 12.1. The largest absolute Gasteiger partial charge is 0.396 e. The summed E-state index contributed by atoms with van der Waals surface area (Å²) in [4.78, 5) is 11.7. The molecule has 1 rings (SSSR count). The van der Waals surface area contributed by atoms with E-state index in [4.69, 9.17) is 16.7 Å². The van der Waals surface area contributed by atoms with Crippen LogP contribution in [-0.2, 0) is 0 Å². The molecule has 2 N–H and O–H groups in total. The van der Waals surface area contributed by atoms with Crippen molar-refractivity contribution in [3.63, 3.8) is 0 Å². The number of hydrogen-bond acceptors (Lipinski definition) is 2. The molecule has 16 heavy (non-hydrogen) atoms. The molecule has 0 heterocycles. The lowest BCUT2D eigenvalue weighted by molar-refractivity contribution is 0.0942. The Labute approximate surface area is 113 Å². The summed E-state index contributed by atoms with van der Waals surface area (Å²) < 4.78 is 0.916. The molecule has 88 valence electrons. The molecule has 3 nitrogen and oxygen atoms in total. The number of rotatable bonds is 4. The Kier molecular flexibility index (Phi) is 5.51. The fourth-order valence-corrected chi connectivity index (χ4v) is 1.59. The molecule has 0 bridgehead atoms. The molecule has 1 atom stereocenters. The van der Waals surface area contributed by atoms with Crippen LogP contribution in [0.15, 0.2) is 18.2 Å². The lowest BCUT2D eigenvalue weighted by Gasteiger charge is -2.09. The van der Waals surface area contributed by atoms with Gasteiger partial charge in [0.25, 0.3) is 5.91 Å². The van der Waals surface area contributed by atoms with Crippen LogP contribution in [-0.4, -0.2) is 24.2 Å². The van der Waals surface area contributed by atoms with Crippen LogP contribution in [0.4, 0.5) is 0 Å². The smallest absolute Gasteiger partial charge is 0.251 e. The normalized spacial score (nSPS) is 12.2. The van der Waals surface area contributed by atoms with Gasteiger partial charge in [0.05, 0.1) is 5.02 Å². The van der Waals surface area contributed by atoms with E-state index >= 15 is 0 Å². The van der Waals surface area contributed by atoms with E-state index in [-0.39, 0.29) is 18.4 Å². The zero-order valence-corrected chi connectivity index (χ0v) is 11.7. The molecular weight excluding hydrogens is 340 g/mol. The van der Waals surface area contributed by atoms with E-state index in [9.17, 15) is 4.79 Å². The number of halogens is 2. The van der Waals surface area contributed by atoms with Gasteiger partial charge in [-0.3, -0.25) is 4.79 Å². The first kappa shape index (κ1) is 13.7. The maximum absolute atomic E-state index is 11.7. The van der Waals surface area contributed by atoms with Crippen LogP contribution in [0.25, 0.3) is 0 Å². The van der Waals surface area contributed by atoms with E-state index < -0.39 is 0 Å². The van der Waals surface area contributed by atoms with E-state index in [0.29, 0.717) is 17.1 Å². The van der Waals surface area contributed by atoms with Gasteiger partial charge < -0.3 is 10.4 Å². The highest BCUT2D eigenvalue weighted by molar-refractivity contribution is 14.1. The van der Waals surface area contributed by atoms with Gasteiger partial charge in [-0.2, -0.15) is 0 Å². The fraction of sp³-hybridized carbons (Fsp3) is 0.364. The van der Waals surface area contributed by atoms with Crippen molar-refractivity contribution in [2.45, 2.75) is 6.92 Å². The Morgan fingerprint density at radius 1 is 1.62 bits per heavy atom. The Morgan fingerprint density at radius 3 is 2.88 bits per heavy atom. The van der Waals surface area contributed by atoms with Crippen LogP contribution in [0.2, 0.25) is 5.02 Å². The summed E-state index contributed by atoms with van der Waals surface area (Å²) >= 11 is 8.03. The molecule has 0 fully saturated rings. The minimum atomic E-state index is -0.168. The first-order valence-electron chi connectivity index (χ1n) is 4.88. The quantitative estimate of drug-likeness (QED) is 0.816. The first-order chi connectivity index (χ1) is 7.54. The molecule has 0 saturated heterocycles. The first-order valence-corrected chi connectivity index (χ1v) is 6.34. The molecule has 1 amide bonds. The van der Waals surface area contributed by atoms with E-state index in [1.807, 2.05) is 6.92 Å². The number of carbonyl (C=O) groups is 1. The van der Waals surface area contributed by atoms with Crippen LogP contribution < -0.4 is 5.32 Å². The zero-order valence-electron chi connectivity index (χ0n) is 8.84. The third-order valence-electron chi connectivity index (χ3n) is 2.10. The van der Waals surface area contributed by atoms with Crippen molar-refractivity contribution in [2.24, 2.45) is 5.92 Å². The monoisotopic (exact) mass is 353 g/mol. The highest BCUT2D eigenvalue weighted by Gasteiger charge is 2.08. The average Bonchev–Trinajstić information content (AvgIpc) is 2.29. The van der Waals surface area contributed by atoms with E-state index in [2.05, 4.69) is 27.9 Å². The van der Waals surface area contributed by atoms with Gasteiger partial charge in [0.2, 0.25) is 0 Å². The van der Waals surface area contributed by atoms with Crippen LogP contribution in [0.1, 0.15) is 17.3 Å². The van der Waals surface area contributed by atoms with Gasteiger partial charge >= 0.3 is 0 Å². The summed E-state index contributed by atoms with van der Waals surface area (Å²) in [5.41, 5.74) is 0.538. The molecule has 0 aliphatic carbocycles. The van der Waals surface area contributed by atoms with E-state index in [1.54, 1.807) is 18.2 Å². The molecule has 0 aliphatic rings. The van der Waals surface area contributed by atoms with Gasteiger partial charge in [-0.15, -0.1) is 0 Å². The minimum Gasteiger partial charge on any atom is -0.396 e. The number of hydrogen-bond donors (Lipinski definition) is 2. The Morgan fingerprint density at radius 2 is 2.31 bits per heavy atom. The molecule has 0 saturated carbocycles. The SMILES string of the molecule is CC(CO)CNC(=O)c1ccc(I)c(Cl)c1. The van der Waals surface area contributed by atoms with Gasteiger partial charge in [-0.25, -0.2) is 0 Å². The minimum absolute atomic E-state index is 0.0586. The maximum atomic E-state index is 11.7. The third kappa shape index (κ3) is 3.92. The fourth-order valence-electron chi connectivity index (χ4n) is 1.07. The Bertz CT molecular complexity index is 384. The summed E-state index contributed by atoms with van der Waals surface area (Å²) in [7, 11) is 0. The highest BCUT2D eigenvalue weighted by atomic mass is 127. The van der Waals surface area contributed by atoms with Crippen LogP contribution >= 0.6 is 34.2 Å². The predicted molar refractivity (Wildman–Crippen MR) is 72.8 cm³/mol. The molecule has 1 unspecified atom stereocenters. The average molecular weight is 354 g/mol.